The van der Waals surface area contributed by atoms with Gasteiger partial charge >= 0.3 is 0 Å². The van der Waals surface area contributed by atoms with Crippen LogP contribution >= 0.6 is 0 Å². The average molecular weight is 289 g/mol. The van der Waals surface area contributed by atoms with Crippen LogP contribution in [0.2, 0.25) is 0 Å². The number of hydrogen-bond donors (Lipinski definition) is 2. The van der Waals surface area contributed by atoms with E-state index >= 15 is 0 Å². The number of benzene rings is 1. The molecule has 0 aliphatic carbocycles. The normalized spacial score (nSPS) is 10.8. The van der Waals surface area contributed by atoms with E-state index in [1.54, 1.807) is 4.68 Å². The van der Waals surface area contributed by atoms with Crippen molar-refractivity contribution >= 4 is 5.69 Å². The van der Waals surface area contributed by atoms with Crippen LogP contribution in [-0.4, -0.2) is 46.8 Å². The fraction of sp³-hybridized carbons (Fsp3) is 0.467. The Balaban J connectivity index is 1.61. The molecule has 0 bridgehead atoms. The summed E-state index contributed by atoms with van der Waals surface area (Å²) in [7, 11) is 2.11. The van der Waals surface area contributed by atoms with Crippen LogP contribution in [0.15, 0.2) is 36.5 Å². The van der Waals surface area contributed by atoms with E-state index in [0.717, 1.165) is 25.2 Å². The van der Waals surface area contributed by atoms with Gasteiger partial charge in [0.2, 0.25) is 0 Å². The number of anilines is 1. The minimum absolute atomic E-state index is 0.0854. The van der Waals surface area contributed by atoms with Crippen molar-refractivity contribution in [1.29, 1.82) is 0 Å². The Kier molecular flexibility index (Phi) is 6.18. The quantitative estimate of drug-likeness (QED) is 0.671. The Labute approximate surface area is 125 Å². The van der Waals surface area contributed by atoms with Crippen LogP contribution in [0, 0.1) is 0 Å². The average Bonchev–Trinajstić information content (AvgIpc) is 2.95. The van der Waals surface area contributed by atoms with Crippen LogP contribution in [0.4, 0.5) is 5.69 Å². The number of rotatable bonds is 9. The van der Waals surface area contributed by atoms with E-state index in [2.05, 4.69) is 51.8 Å². The van der Waals surface area contributed by atoms with Crippen LogP contribution in [0.3, 0.4) is 0 Å². The maximum Gasteiger partial charge on any atom is 0.0964 e. The predicted molar refractivity (Wildman–Crippen MR) is 83.1 cm³/mol. The van der Waals surface area contributed by atoms with Gasteiger partial charge in [-0.1, -0.05) is 23.4 Å². The highest BCUT2D eigenvalue weighted by Gasteiger charge is 2.01. The van der Waals surface area contributed by atoms with Gasteiger partial charge in [0.1, 0.15) is 0 Å². The second kappa shape index (κ2) is 8.39. The topological polar surface area (TPSA) is 66.2 Å². The first-order chi connectivity index (χ1) is 10.3. The molecular formula is C15H23N5O. The first-order valence-corrected chi connectivity index (χ1v) is 7.26. The molecule has 6 nitrogen and oxygen atoms in total. The van der Waals surface area contributed by atoms with Gasteiger partial charge < -0.3 is 15.3 Å². The summed E-state index contributed by atoms with van der Waals surface area (Å²) >= 11 is 0. The lowest BCUT2D eigenvalue weighted by atomic mass is 10.3. The first-order valence-electron chi connectivity index (χ1n) is 7.26. The van der Waals surface area contributed by atoms with E-state index in [-0.39, 0.29) is 6.61 Å². The SMILES string of the molecule is CN(CCCNCc1cn(CCO)nn1)c1ccccc1. The zero-order valence-corrected chi connectivity index (χ0v) is 12.4. The monoisotopic (exact) mass is 289 g/mol. The molecule has 1 heterocycles. The van der Waals surface area contributed by atoms with Crippen molar-refractivity contribution in [2.45, 2.75) is 19.5 Å². The number of nitrogens with zero attached hydrogens (tertiary/aromatic N) is 4. The van der Waals surface area contributed by atoms with Crippen molar-refractivity contribution in [3.05, 3.63) is 42.2 Å². The molecule has 0 aliphatic heterocycles. The molecule has 2 rings (SSSR count). The number of para-hydroxylation sites is 1. The van der Waals surface area contributed by atoms with Crippen molar-refractivity contribution in [2.75, 3.05) is 31.6 Å². The van der Waals surface area contributed by atoms with Crippen molar-refractivity contribution < 1.29 is 5.11 Å². The number of aliphatic hydroxyl groups is 1. The summed E-state index contributed by atoms with van der Waals surface area (Å²) in [5.41, 5.74) is 2.14. The van der Waals surface area contributed by atoms with Gasteiger partial charge in [-0.05, 0) is 25.1 Å². The largest absolute Gasteiger partial charge is 0.394 e. The molecule has 0 amide bonds. The van der Waals surface area contributed by atoms with E-state index in [1.165, 1.54) is 5.69 Å². The Hall–Kier alpha value is -1.92. The Morgan fingerprint density at radius 1 is 1.29 bits per heavy atom. The molecule has 2 N–H and O–H groups in total. The van der Waals surface area contributed by atoms with Gasteiger partial charge in [-0.15, -0.1) is 5.10 Å². The number of aromatic nitrogens is 3. The lowest BCUT2D eigenvalue weighted by Gasteiger charge is -2.19. The molecule has 0 atom stereocenters. The fourth-order valence-electron chi connectivity index (χ4n) is 2.10. The summed E-state index contributed by atoms with van der Waals surface area (Å²) < 4.78 is 1.65. The van der Waals surface area contributed by atoms with Gasteiger partial charge in [-0.2, -0.15) is 0 Å². The molecule has 1 aromatic heterocycles. The summed E-state index contributed by atoms with van der Waals surface area (Å²) in [6.45, 7) is 3.23. The maximum atomic E-state index is 8.81. The standard InChI is InChI=1S/C15H23N5O/c1-19(15-6-3-2-4-7-15)9-5-8-16-12-14-13-20(10-11-21)18-17-14/h2-4,6-7,13,16,21H,5,8-12H2,1H3. The summed E-state index contributed by atoms with van der Waals surface area (Å²) in [5.74, 6) is 0. The van der Waals surface area contributed by atoms with Gasteiger partial charge in [-0.25, -0.2) is 4.68 Å². The minimum Gasteiger partial charge on any atom is -0.394 e. The second-order valence-corrected chi connectivity index (χ2v) is 4.98. The van der Waals surface area contributed by atoms with E-state index in [1.807, 2.05) is 12.3 Å². The molecule has 0 aliphatic rings. The fourth-order valence-corrected chi connectivity index (χ4v) is 2.10. The molecule has 2 aromatic rings. The zero-order valence-electron chi connectivity index (χ0n) is 12.4. The van der Waals surface area contributed by atoms with E-state index in [4.69, 9.17) is 5.11 Å². The Morgan fingerprint density at radius 3 is 2.86 bits per heavy atom. The second-order valence-electron chi connectivity index (χ2n) is 4.98. The van der Waals surface area contributed by atoms with E-state index in [0.29, 0.717) is 13.1 Å². The van der Waals surface area contributed by atoms with Crippen LogP contribution in [-0.2, 0) is 13.1 Å². The smallest absolute Gasteiger partial charge is 0.0964 e. The molecule has 0 unspecified atom stereocenters. The summed E-state index contributed by atoms with van der Waals surface area (Å²) in [5, 5.41) is 20.1. The van der Waals surface area contributed by atoms with Crippen LogP contribution in [0.1, 0.15) is 12.1 Å². The lowest BCUT2D eigenvalue weighted by molar-refractivity contribution is 0.268. The summed E-state index contributed by atoms with van der Waals surface area (Å²) in [4.78, 5) is 2.25. The van der Waals surface area contributed by atoms with Crippen molar-refractivity contribution in [1.82, 2.24) is 20.3 Å². The van der Waals surface area contributed by atoms with Crippen LogP contribution < -0.4 is 10.2 Å². The zero-order chi connectivity index (χ0) is 14.9. The van der Waals surface area contributed by atoms with Gasteiger partial charge in [0.05, 0.1) is 18.8 Å². The van der Waals surface area contributed by atoms with E-state index < -0.39 is 0 Å². The third-order valence-electron chi connectivity index (χ3n) is 3.27. The highest BCUT2D eigenvalue weighted by molar-refractivity contribution is 5.44. The van der Waals surface area contributed by atoms with Gasteiger partial charge in [0.15, 0.2) is 0 Å². The minimum atomic E-state index is 0.0854. The maximum absolute atomic E-state index is 8.81. The number of hydrogen-bond acceptors (Lipinski definition) is 5. The predicted octanol–water partition coefficient (Wildman–Crippen LogP) is 0.886. The molecule has 0 radical (unpaired) electrons. The lowest BCUT2D eigenvalue weighted by Crippen LogP contribution is -2.23. The molecular weight excluding hydrogens is 266 g/mol. The highest BCUT2D eigenvalue weighted by atomic mass is 16.3. The molecule has 0 spiro atoms. The third-order valence-corrected chi connectivity index (χ3v) is 3.27. The molecule has 0 saturated carbocycles. The Morgan fingerprint density at radius 2 is 2.10 bits per heavy atom. The number of aliphatic hydroxyl groups excluding tert-OH is 1. The molecule has 114 valence electrons. The molecule has 21 heavy (non-hydrogen) atoms. The van der Waals surface area contributed by atoms with Gasteiger partial charge in [0.25, 0.3) is 0 Å². The van der Waals surface area contributed by atoms with Crippen LogP contribution in [0.5, 0.6) is 0 Å². The van der Waals surface area contributed by atoms with E-state index in [9.17, 15) is 0 Å². The summed E-state index contributed by atoms with van der Waals surface area (Å²) in [6, 6.07) is 10.4. The van der Waals surface area contributed by atoms with Gasteiger partial charge in [0, 0.05) is 32.0 Å². The van der Waals surface area contributed by atoms with Crippen molar-refractivity contribution in [3.8, 4) is 0 Å². The number of nitrogens with one attached hydrogen (secondary N) is 1. The molecule has 0 saturated heterocycles. The van der Waals surface area contributed by atoms with Gasteiger partial charge in [-0.3, -0.25) is 0 Å². The van der Waals surface area contributed by atoms with Crippen molar-refractivity contribution in [2.24, 2.45) is 0 Å². The first kappa shape index (κ1) is 15.5. The van der Waals surface area contributed by atoms with Crippen LogP contribution in [0.25, 0.3) is 0 Å². The third kappa shape index (κ3) is 5.17. The highest BCUT2D eigenvalue weighted by Crippen LogP contribution is 2.10. The Bertz CT molecular complexity index is 514. The molecule has 0 fully saturated rings. The van der Waals surface area contributed by atoms with Crippen molar-refractivity contribution in [3.63, 3.8) is 0 Å². The molecule has 6 heteroatoms. The molecule has 1 aromatic carbocycles. The summed E-state index contributed by atoms with van der Waals surface area (Å²) in [6.07, 6.45) is 2.93.